The van der Waals surface area contributed by atoms with E-state index in [1.807, 2.05) is 0 Å². The lowest BCUT2D eigenvalue weighted by molar-refractivity contribution is 0.256. The zero-order chi connectivity index (χ0) is 12.8. The molecule has 0 radical (unpaired) electrons. The van der Waals surface area contributed by atoms with Gasteiger partial charge in [0, 0.05) is 18.5 Å². The molecule has 0 aliphatic carbocycles. The van der Waals surface area contributed by atoms with E-state index in [4.69, 9.17) is 39.5 Å². The summed E-state index contributed by atoms with van der Waals surface area (Å²) in [4.78, 5) is 0. The zero-order valence-electron chi connectivity index (χ0n) is 9.90. The second kappa shape index (κ2) is 7.32. The molecule has 0 heterocycles. The zero-order valence-corrected chi connectivity index (χ0v) is 12.2. The first-order valence-electron chi connectivity index (χ1n) is 5.52. The molecule has 5 heteroatoms. The predicted octanol–water partition coefficient (Wildman–Crippen LogP) is 4.27. The highest BCUT2D eigenvalue weighted by Gasteiger charge is 2.09. The summed E-state index contributed by atoms with van der Waals surface area (Å²) in [6.07, 6.45) is 0. The van der Waals surface area contributed by atoms with E-state index in [-0.39, 0.29) is 0 Å². The number of rotatable bonds is 6. The Balaban J connectivity index is 2.54. The van der Waals surface area contributed by atoms with Crippen LogP contribution in [0.25, 0.3) is 0 Å². The fourth-order valence-electron chi connectivity index (χ4n) is 1.30. The van der Waals surface area contributed by atoms with Gasteiger partial charge in [-0.2, -0.15) is 0 Å². The molecule has 17 heavy (non-hydrogen) atoms. The van der Waals surface area contributed by atoms with Crippen LogP contribution in [0.1, 0.15) is 13.8 Å². The molecule has 1 aromatic carbocycles. The fraction of sp³-hybridized carbons (Fsp3) is 0.500. The lowest BCUT2D eigenvalue weighted by Gasteiger charge is -2.14. The van der Waals surface area contributed by atoms with Crippen LogP contribution in [0.2, 0.25) is 15.1 Å². The Morgan fingerprint density at radius 2 is 1.82 bits per heavy atom. The molecule has 0 aliphatic heterocycles. The van der Waals surface area contributed by atoms with Crippen molar-refractivity contribution in [2.24, 2.45) is 5.92 Å². The van der Waals surface area contributed by atoms with Crippen LogP contribution in [-0.4, -0.2) is 19.7 Å². The quantitative estimate of drug-likeness (QED) is 0.792. The van der Waals surface area contributed by atoms with Crippen molar-refractivity contribution in [1.82, 2.24) is 5.32 Å². The van der Waals surface area contributed by atoms with E-state index in [9.17, 15) is 0 Å². The largest absolute Gasteiger partial charge is 0.492 e. The minimum absolute atomic E-state index is 0.403. The average Bonchev–Trinajstić information content (AvgIpc) is 2.29. The van der Waals surface area contributed by atoms with Crippen molar-refractivity contribution >= 4 is 34.8 Å². The van der Waals surface area contributed by atoms with Crippen molar-refractivity contribution in [3.63, 3.8) is 0 Å². The van der Waals surface area contributed by atoms with Gasteiger partial charge < -0.3 is 10.1 Å². The van der Waals surface area contributed by atoms with Gasteiger partial charge in [-0.3, -0.25) is 0 Å². The number of benzene rings is 1. The minimum Gasteiger partial charge on any atom is -0.492 e. The Morgan fingerprint density at radius 3 is 2.47 bits per heavy atom. The maximum atomic E-state index is 6.01. The van der Waals surface area contributed by atoms with Gasteiger partial charge in [-0.05, 0) is 12.6 Å². The van der Waals surface area contributed by atoms with Gasteiger partial charge in [0.1, 0.15) is 5.75 Å². The molecular formula is C12H16Cl3NO. The number of halogens is 3. The molecule has 0 saturated carbocycles. The van der Waals surface area contributed by atoms with Gasteiger partial charge in [-0.1, -0.05) is 48.7 Å². The van der Waals surface area contributed by atoms with Crippen LogP contribution in [-0.2, 0) is 0 Å². The SMILES string of the molecule is CCNCC(C)COc1cc(Cl)c(Cl)cc1Cl. The summed E-state index contributed by atoms with van der Waals surface area (Å²) in [7, 11) is 0. The summed E-state index contributed by atoms with van der Waals surface area (Å²) in [6.45, 7) is 6.63. The van der Waals surface area contributed by atoms with E-state index in [0.717, 1.165) is 13.1 Å². The van der Waals surface area contributed by atoms with Crippen LogP contribution < -0.4 is 10.1 Å². The third-order valence-corrected chi connectivity index (χ3v) is 3.26. The monoisotopic (exact) mass is 295 g/mol. The van der Waals surface area contributed by atoms with Crippen LogP contribution in [0.4, 0.5) is 0 Å². The molecule has 1 unspecified atom stereocenters. The lowest BCUT2D eigenvalue weighted by Crippen LogP contribution is -2.24. The Bertz CT molecular complexity index is 371. The predicted molar refractivity (Wildman–Crippen MR) is 74.7 cm³/mol. The van der Waals surface area contributed by atoms with Crippen molar-refractivity contribution in [3.05, 3.63) is 27.2 Å². The minimum atomic E-state index is 0.403. The second-order valence-electron chi connectivity index (χ2n) is 3.92. The summed E-state index contributed by atoms with van der Waals surface area (Å²) < 4.78 is 5.62. The average molecular weight is 297 g/mol. The Labute approximate surface area is 117 Å². The number of hydrogen-bond donors (Lipinski definition) is 1. The van der Waals surface area contributed by atoms with E-state index < -0.39 is 0 Å². The summed E-state index contributed by atoms with van der Waals surface area (Å²) in [5.41, 5.74) is 0. The van der Waals surface area contributed by atoms with Crippen LogP contribution in [0.15, 0.2) is 12.1 Å². The fourth-order valence-corrected chi connectivity index (χ4v) is 1.89. The number of nitrogens with one attached hydrogen (secondary N) is 1. The van der Waals surface area contributed by atoms with Gasteiger partial charge in [-0.25, -0.2) is 0 Å². The molecule has 0 saturated heterocycles. The first-order valence-corrected chi connectivity index (χ1v) is 6.66. The molecule has 0 bridgehead atoms. The van der Waals surface area contributed by atoms with Gasteiger partial charge >= 0.3 is 0 Å². The van der Waals surface area contributed by atoms with Gasteiger partial charge in [0.05, 0.1) is 21.7 Å². The maximum Gasteiger partial charge on any atom is 0.139 e. The third kappa shape index (κ3) is 4.92. The topological polar surface area (TPSA) is 21.3 Å². The Kier molecular flexibility index (Phi) is 6.42. The molecule has 2 nitrogen and oxygen atoms in total. The second-order valence-corrected chi connectivity index (χ2v) is 5.14. The van der Waals surface area contributed by atoms with Crippen molar-refractivity contribution in [3.8, 4) is 5.75 Å². The highest BCUT2D eigenvalue weighted by Crippen LogP contribution is 2.33. The van der Waals surface area contributed by atoms with Gasteiger partial charge in [-0.15, -0.1) is 0 Å². The van der Waals surface area contributed by atoms with Crippen molar-refractivity contribution < 1.29 is 4.74 Å². The van der Waals surface area contributed by atoms with E-state index in [1.54, 1.807) is 12.1 Å². The smallest absolute Gasteiger partial charge is 0.139 e. The van der Waals surface area contributed by atoms with Crippen molar-refractivity contribution in [2.75, 3.05) is 19.7 Å². The van der Waals surface area contributed by atoms with Gasteiger partial charge in [0.15, 0.2) is 0 Å². The normalized spacial score (nSPS) is 12.5. The molecule has 1 rings (SSSR count). The highest BCUT2D eigenvalue weighted by atomic mass is 35.5. The maximum absolute atomic E-state index is 6.01. The standard InChI is InChI=1S/C12H16Cl3NO/c1-3-16-6-8(2)7-17-12-5-10(14)9(13)4-11(12)15/h4-5,8,16H,3,6-7H2,1-2H3. The molecule has 0 spiro atoms. The summed E-state index contributed by atoms with van der Waals surface area (Å²) >= 11 is 17.7. The molecule has 0 fully saturated rings. The molecule has 96 valence electrons. The Hall–Kier alpha value is -0.150. The lowest BCUT2D eigenvalue weighted by atomic mass is 10.2. The molecule has 1 atom stereocenters. The number of hydrogen-bond acceptors (Lipinski definition) is 2. The van der Waals surface area contributed by atoms with E-state index in [1.165, 1.54) is 0 Å². The molecular weight excluding hydrogens is 280 g/mol. The van der Waals surface area contributed by atoms with Crippen LogP contribution in [0.5, 0.6) is 5.75 Å². The van der Waals surface area contributed by atoms with Crippen molar-refractivity contribution in [2.45, 2.75) is 13.8 Å². The van der Waals surface area contributed by atoms with Crippen LogP contribution in [0, 0.1) is 5.92 Å². The van der Waals surface area contributed by atoms with Gasteiger partial charge in [0.25, 0.3) is 0 Å². The summed E-state index contributed by atoms with van der Waals surface area (Å²) in [6, 6.07) is 3.24. The first-order chi connectivity index (χ1) is 8.04. The van der Waals surface area contributed by atoms with E-state index >= 15 is 0 Å². The van der Waals surface area contributed by atoms with Crippen LogP contribution >= 0.6 is 34.8 Å². The molecule has 0 aromatic heterocycles. The van der Waals surface area contributed by atoms with E-state index in [0.29, 0.717) is 33.3 Å². The highest BCUT2D eigenvalue weighted by molar-refractivity contribution is 6.43. The molecule has 1 aromatic rings. The third-order valence-electron chi connectivity index (χ3n) is 2.24. The van der Waals surface area contributed by atoms with Crippen LogP contribution in [0.3, 0.4) is 0 Å². The molecule has 0 amide bonds. The number of ether oxygens (including phenoxy) is 1. The van der Waals surface area contributed by atoms with E-state index in [2.05, 4.69) is 19.2 Å². The van der Waals surface area contributed by atoms with Gasteiger partial charge in [0.2, 0.25) is 0 Å². The Morgan fingerprint density at radius 1 is 1.18 bits per heavy atom. The first kappa shape index (κ1) is 14.9. The molecule has 0 aliphatic rings. The van der Waals surface area contributed by atoms with Crippen molar-refractivity contribution in [1.29, 1.82) is 0 Å². The molecule has 1 N–H and O–H groups in total. The summed E-state index contributed by atoms with van der Waals surface area (Å²) in [5.74, 6) is 0.977. The summed E-state index contributed by atoms with van der Waals surface area (Å²) in [5, 5.41) is 4.63.